The summed E-state index contributed by atoms with van der Waals surface area (Å²) in [4.78, 5) is 0. The van der Waals surface area contributed by atoms with Crippen LogP contribution in [0.25, 0.3) is 60.2 Å². The second-order valence-electron chi connectivity index (χ2n) is 14.9. The second kappa shape index (κ2) is 12.3. The first kappa shape index (κ1) is 31.1. The van der Waals surface area contributed by atoms with Gasteiger partial charge in [-0.25, -0.2) is 0 Å². The van der Waals surface area contributed by atoms with E-state index in [2.05, 4.69) is 204 Å². The lowest BCUT2D eigenvalue weighted by molar-refractivity contribution is 0.795. The molecule has 1 saturated heterocycles. The molecule has 54 heavy (non-hydrogen) atoms. The van der Waals surface area contributed by atoms with Crippen LogP contribution in [0.2, 0.25) is 0 Å². The number of hydrogen-bond acceptors (Lipinski definition) is 1. The Labute approximate surface area is 315 Å². The Kier molecular flexibility index (Phi) is 7.08. The summed E-state index contributed by atoms with van der Waals surface area (Å²) < 4.78 is 2.48. The van der Waals surface area contributed by atoms with E-state index in [0.29, 0.717) is 0 Å². The van der Waals surface area contributed by atoms with Crippen molar-refractivity contribution in [3.05, 3.63) is 222 Å². The summed E-state index contributed by atoms with van der Waals surface area (Å²) >= 11 is 0. The van der Waals surface area contributed by atoms with Crippen molar-refractivity contribution in [1.82, 2.24) is 9.88 Å². The molecule has 0 radical (unpaired) electrons. The highest BCUT2D eigenvalue weighted by molar-refractivity contribution is 6.14. The molecule has 2 heteroatoms. The SMILES string of the molecule is C1=C(c2ccccc2)CCC(c2cccc(C3NC3(c3ccccc3)c3ccc(-n4c5ccccc5c5cc6ccccc6cc54)c4ccccc34)c2)=C1. The second-order valence-corrected chi connectivity index (χ2v) is 14.9. The van der Waals surface area contributed by atoms with Gasteiger partial charge >= 0.3 is 0 Å². The van der Waals surface area contributed by atoms with E-state index in [9.17, 15) is 0 Å². The van der Waals surface area contributed by atoms with Gasteiger partial charge < -0.3 is 4.57 Å². The van der Waals surface area contributed by atoms with Gasteiger partial charge in [-0.3, -0.25) is 5.32 Å². The molecule has 11 rings (SSSR count). The largest absolute Gasteiger partial charge is 0.309 e. The van der Waals surface area contributed by atoms with E-state index in [1.54, 1.807) is 0 Å². The Morgan fingerprint density at radius 2 is 1.09 bits per heavy atom. The first-order chi connectivity index (χ1) is 26.8. The molecule has 8 aromatic carbocycles. The predicted octanol–water partition coefficient (Wildman–Crippen LogP) is 12.9. The maximum absolute atomic E-state index is 4.08. The number of aromatic nitrogens is 1. The normalized spacial score (nSPS) is 18.3. The van der Waals surface area contributed by atoms with E-state index in [1.807, 2.05) is 0 Å². The lowest BCUT2D eigenvalue weighted by atomic mass is 9.82. The zero-order valence-electron chi connectivity index (χ0n) is 29.9. The first-order valence-corrected chi connectivity index (χ1v) is 19.1. The van der Waals surface area contributed by atoms with Crippen LogP contribution in [0, 0.1) is 0 Å². The monoisotopic (exact) mass is 690 g/mol. The topological polar surface area (TPSA) is 26.9 Å². The van der Waals surface area contributed by atoms with Gasteiger partial charge in [0, 0.05) is 16.2 Å². The number of nitrogens with zero attached hydrogens (tertiary/aromatic N) is 1. The molecule has 2 heterocycles. The van der Waals surface area contributed by atoms with Gasteiger partial charge in [-0.2, -0.15) is 0 Å². The summed E-state index contributed by atoms with van der Waals surface area (Å²) in [5, 5.41) is 11.7. The van der Waals surface area contributed by atoms with E-state index in [0.717, 1.165) is 12.8 Å². The van der Waals surface area contributed by atoms with Crippen molar-refractivity contribution >= 4 is 54.5 Å². The van der Waals surface area contributed by atoms with Gasteiger partial charge in [0.1, 0.15) is 0 Å². The molecule has 0 spiro atoms. The summed E-state index contributed by atoms with van der Waals surface area (Å²) in [6.07, 6.45) is 6.74. The molecule has 9 aromatic rings. The van der Waals surface area contributed by atoms with Crippen LogP contribution in [0.4, 0.5) is 0 Å². The van der Waals surface area contributed by atoms with Crippen LogP contribution in [0.3, 0.4) is 0 Å². The summed E-state index contributed by atoms with van der Waals surface area (Å²) in [5.74, 6) is 0. The molecule has 2 aliphatic rings. The molecule has 1 fully saturated rings. The Hall–Kier alpha value is -6.48. The molecule has 1 aliphatic carbocycles. The molecule has 1 aliphatic heterocycles. The molecule has 2 unspecified atom stereocenters. The average Bonchev–Trinajstić information content (AvgIpc) is 3.93. The van der Waals surface area contributed by atoms with Crippen molar-refractivity contribution in [2.75, 3.05) is 0 Å². The van der Waals surface area contributed by atoms with E-state index in [1.165, 1.54) is 88.0 Å². The highest BCUT2D eigenvalue weighted by atomic mass is 15.2. The van der Waals surface area contributed by atoms with E-state index in [-0.39, 0.29) is 11.6 Å². The van der Waals surface area contributed by atoms with Crippen LogP contribution < -0.4 is 5.32 Å². The fourth-order valence-corrected chi connectivity index (χ4v) is 9.28. The molecule has 2 atom stereocenters. The zero-order valence-corrected chi connectivity index (χ0v) is 29.9. The minimum absolute atomic E-state index is 0.133. The van der Waals surface area contributed by atoms with Gasteiger partial charge in [0.25, 0.3) is 0 Å². The number of allylic oxidation sites excluding steroid dienone is 4. The van der Waals surface area contributed by atoms with Gasteiger partial charge in [0.2, 0.25) is 0 Å². The van der Waals surface area contributed by atoms with Gasteiger partial charge in [-0.05, 0) is 98.3 Å². The Morgan fingerprint density at radius 1 is 0.463 bits per heavy atom. The average molecular weight is 691 g/mol. The third-order valence-corrected chi connectivity index (χ3v) is 11.9. The Bertz CT molecular complexity index is 2970. The fraction of sp³-hybridized carbons (Fsp3) is 0.0769. The summed E-state index contributed by atoms with van der Waals surface area (Å²) in [6, 6.07) is 67.2. The van der Waals surface area contributed by atoms with E-state index >= 15 is 0 Å². The quantitative estimate of drug-likeness (QED) is 0.173. The maximum Gasteiger partial charge on any atom is 0.0900 e. The van der Waals surface area contributed by atoms with Crippen molar-refractivity contribution in [3.8, 4) is 5.69 Å². The Morgan fingerprint density at radius 3 is 1.87 bits per heavy atom. The minimum atomic E-state index is -0.365. The molecular formula is C52H38N2. The van der Waals surface area contributed by atoms with Gasteiger partial charge in [0.15, 0.2) is 0 Å². The van der Waals surface area contributed by atoms with Crippen LogP contribution >= 0.6 is 0 Å². The fourth-order valence-electron chi connectivity index (χ4n) is 9.28. The van der Waals surface area contributed by atoms with Crippen LogP contribution in [0.15, 0.2) is 194 Å². The molecule has 0 saturated carbocycles. The van der Waals surface area contributed by atoms with Crippen LogP contribution in [-0.4, -0.2) is 4.57 Å². The summed E-state index contributed by atoms with van der Waals surface area (Å²) in [6.45, 7) is 0. The highest BCUT2D eigenvalue weighted by Crippen LogP contribution is 2.56. The van der Waals surface area contributed by atoms with Gasteiger partial charge in [-0.1, -0.05) is 164 Å². The third kappa shape index (κ3) is 4.84. The highest BCUT2D eigenvalue weighted by Gasteiger charge is 2.57. The van der Waals surface area contributed by atoms with Crippen LogP contribution in [0.5, 0.6) is 0 Å². The van der Waals surface area contributed by atoms with Crippen molar-refractivity contribution < 1.29 is 0 Å². The maximum atomic E-state index is 4.08. The molecule has 256 valence electrons. The van der Waals surface area contributed by atoms with Crippen LogP contribution in [-0.2, 0) is 5.54 Å². The van der Waals surface area contributed by atoms with Crippen molar-refractivity contribution in [2.45, 2.75) is 24.4 Å². The minimum Gasteiger partial charge on any atom is -0.309 e. The molecule has 0 amide bonds. The van der Waals surface area contributed by atoms with Crippen LogP contribution in [0.1, 0.15) is 46.7 Å². The number of fused-ring (bicyclic) bond motifs is 5. The number of nitrogens with one attached hydrogen (secondary N) is 1. The van der Waals surface area contributed by atoms with E-state index < -0.39 is 0 Å². The number of hydrogen-bond donors (Lipinski definition) is 1. The third-order valence-electron chi connectivity index (χ3n) is 11.9. The predicted molar refractivity (Wildman–Crippen MR) is 227 cm³/mol. The van der Waals surface area contributed by atoms with Crippen molar-refractivity contribution in [1.29, 1.82) is 0 Å². The molecule has 2 nitrogen and oxygen atoms in total. The number of benzene rings is 8. The lowest BCUT2D eigenvalue weighted by Gasteiger charge is -2.22. The molecule has 0 bridgehead atoms. The molecular weight excluding hydrogens is 653 g/mol. The standard InChI is InChI=1S/C52H38N2/c1-3-14-35(15-4-1)36-26-28-37(29-27-36)38-18-13-19-41(32-38)51-52(53-51,42-20-5-2-6-21-42)47-30-31-49(44-23-10-9-22-43(44)47)54-48-25-12-11-24-45(48)46-33-39-16-7-8-17-40(39)34-50(46)54/h1-26,28,30-34,51,53H,27,29H2. The van der Waals surface area contributed by atoms with Gasteiger partial charge in [0.05, 0.1) is 28.3 Å². The number of para-hydroxylation sites is 1. The van der Waals surface area contributed by atoms with E-state index in [4.69, 9.17) is 0 Å². The lowest BCUT2D eigenvalue weighted by Crippen LogP contribution is -2.16. The first-order valence-electron chi connectivity index (χ1n) is 19.1. The van der Waals surface area contributed by atoms with Gasteiger partial charge in [-0.15, -0.1) is 0 Å². The molecule has 1 aromatic heterocycles. The smallest absolute Gasteiger partial charge is 0.0900 e. The van der Waals surface area contributed by atoms with Crippen molar-refractivity contribution in [3.63, 3.8) is 0 Å². The molecule has 1 N–H and O–H groups in total. The number of rotatable bonds is 6. The zero-order chi connectivity index (χ0) is 35.6. The summed E-state index contributed by atoms with van der Waals surface area (Å²) in [5.41, 5.74) is 12.6. The Balaban J connectivity index is 1.05. The summed E-state index contributed by atoms with van der Waals surface area (Å²) in [7, 11) is 0. The van der Waals surface area contributed by atoms with Crippen molar-refractivity contribution in [2.24, 2.45) is 0 Å².